The first-order valence-corrected chi connectivity index (χ1v) is 7.36. The van der Waals surface area contributed by atoms with E-state index in [1.54, 1.807) is 37.3 Å². The van der Waals surface area contributed by atoms with E-state index in [1.807, 2.05) is 0 Å². The van der Waals surface area contributed by atoms with Crippen LogP contribution >= 0.6 is 15.9 Å². The fourth-order valence-electron chi connectivity index (χ4n) is 1.79. The van der Waals surface area contributed by atoms with Crippen LogP contribution in [0.5, 0.6) is 11.5 Å². The van der Waals surface area contributed by atoms with Gasteiger partial charge in [-0.1, -0.05) is 28.1 Å². The third kappa shape index (κ3) is 3.98. The lowest BCUT2D eigenvalue weighted by Gasteiger charge is -2.16. The summed E-state index contributed by atoms with van der Waals surface area (Å²) in [5.41, 5.74) is 0.101. The maximum Gasteiger partial charge on any atom is 0.265 e. The van der Waals surface area contributed by atoms with E-state index >= 15 is 0 Å². The number of benzene rings is 2. The van der Waals surface area contributed by atoms with E-state index in [0.717, 1.165) is 0 Å². The number of halogens is 2. The maximum absolute atomic E-state index is 13.7. The Balaban J connectivity index is 2.06. The van der Waals surface area contributed by atoms with Crippen molar-refractivity contribution >= 4 is 27.5 Å². The van der Waals surface area contributed by atoms with E-state index in [4.69, 9.17) is 9.47 Å². The minimum absolute atomic E-state index is 0.101. The summed E-state index contributed by atoms with van der Waals surface area (Å²) in [4.78, 5) is 12.1. The van der Waals surface area contributed by atoms with Gasteiger partial charge in [0, 0.05) is 4.47 Å². The molecule has 22 heavy (non-hydrogen) atoms. The third-order valence-corrected chi connectivity index (χ3v) is 3.42. The van der Waals surface area contributed by atoms with E-state index in [2.05, 4.69) is 21.2 Å². The molecule has 0 spiro atoms. The average molecular weight is 368 g/mol. The second-order valence-electron chi connectivity index (χ2n) is 4.52. The van der Waals surface area contributed by atoms with E-state index < -0.39 is 17.8 Å². The summed E-state index contributed by atoms with van der Waals surface area (Å²) in [5.74, 6) is 0.000227. The highest BCUT2D eigenvalue weighted by molar-refractivity contribution is 9.10. The summed E-state index contributed by atoms with van der Waals surface area (Å²) in [6.07, 6.45) is -0.806. The number of carbonyl (C=O) groups is 1. The molecule has 1 N–H and O–H groups in total. The molecule has 2 rings (SSSR count). The van der Waals surface area contributed by atoms with E-state index in [-0.39, 0.29) is 5.69 Å². The zero-order valence-electron chi connectivity index (χ0n) is 12.1. The number of carbonyl (C=O) groups excluding carboxylic acids is 1. The number of anilines is 1. The minimum atomic E-state index is -0.806. The maximum atomic E-state index is 13.7. The normalized spacial score (nSPS) is 11.6. The molecule has 0 aliphatic carbocycles. The van der Waals surface area contributed by atoms with Gasteiger partial charge in [-0.2, -0.15) is 0 Å². The number of methoxy groups -OCH3 is 1. The molecule has 0 aliphatic heterocycles. The fourth-order valence-corrected chi connectivity index (χ4v) is 2.12. The van der Waals surface area contributed by atoms with Crippen LogP contribution in [0, 0.1) is 5.82 Å². The molecule has 116 valence electrons. The number of para-hydroxylation sites is 2. The van der Waals surface area contributed by atoms with Gasteiger partial charge in [0.15, 0.2) is 17.6 Å². The number of nitrogens with one attached hydrogen (secondary N) is 1. The molecule has 0 aliphatic rings. The lowest BCUT2D eigenvalue weighted by atomic mass is 10.2. The largest absolute Gasteiger partial charge is 0.493 e. The van der Waals surface area contributed by atoms with Gasteiger partial charge in [0.1, 0.15) is 5.82 Å². The Labute approximate surface area is 136 Å². The van der Waals surface area contributed by atoms with Crippen molar-refractivity contribution in [3.63, 3.8) is 0 Å². The predicted molar refractivity (Wildman–Crippen MR) is 85.8 cm³/mol. The smallest absolute Gasteiger partial charge is 0.265 e. The van der Waals surface area contributed by atoms with Gasteiger partial charge in [-0.15, -0.1) is 0 Å². The average Bonchev–Trinajstić information content (AvgIpc) is 2.50. The van der Waals surface area contributed by atoms with Crippen molar-refractivity contribution < 1.29 is 18.7 Å². The van der Waals surface area contributed by atoms with Gasteiger partial charge in [-0.25, -0.2) is 4.39 Å². The standard InChI is InChI=1S/C16H15BrFNO3/c1-10(22-15-6-4-3-5-14(15)21-2)16(20)19-13-8-7-11(17)9-12(13)18/h3-10H,1-2H3,(H,19,20)/t10-/m0/s1. The zero-order chi connectivity index (χ0) is 16.1. The molecule has 6 heteroatoms. The Bertz CT molecular complexity index is 678. The molecule has 0 aromatic heterocycles. The van der Waals surface area contributed by atoms with Gasteiger partial charge >= 0.3 is 0 Å². The van der Waals surface area contributed by atoms with Crippen LogP contribution in [0.1, 0.15) is 6.92 Å². The first-order chi connectivity index (χ1) is 10.5. The van der Waals surface area contributed by atoms with Gasteiger partial charge in [-0.05, 0) is 37.3 Å². The van der Waals surface area contributed by atoms with Gasteiger partial charge in [0.25, 0.3) is 5.91 Å². The number of hydrogen-bond acceptors (Lipinski definition) is 3. The molecular weight excluding hydrogens is 353 g/mol. The molecule has 0 fully saturated rings. The van der Waals surface area contributed by atoms with Crippen LogP contribution in [-0.2, 0) is 4.79 Å². The first-order valence-electron chi connectivity index (χ1n) is 6.57. The molecule has 0 unspecified atom stereocenters. The Morgan fingerprint density at radius 2 is 1.91 bits per heavy atom. The molecule has 0 bridgehead atoms. The lowest BCUT2D eigenvalue weighted by molar-refractivity contribution is -0.122. The fraction of sp³-hybridized carbons (Fsp3) is 0.188. The van der Waals surface area contributed by atoms with E-state index in [9.17, 15) is 9.18 Å². The topological polar surface area (TPSA) is 47.6 Å². The molecule has 0 saturated carbocycles. The summed E-state index contributed by atoms with van der Waals surface area (Å²) < 4.78 is 25.0. The van der Waals surface area contributed by atoms with Crippen LogP contribution in [0.3, 0.4) is 0 Å². The van der Waals surface area contributed by atoms with Crippen LogP contribution in [0.15, 0.2) is 46.9 Å². The van der Waals surface area contributed by atoms with Gasteiger partial charge < -0.3 is 14.8 Å². The van der Waals surface area contributed by atoms with Crippen molar-refractivity contribution in [2.24, 2.45) is 0 Å². The molecule has 2 aromatic carbocycles. The van der Waals surface area contributed by atoms with Crippen molar-refractivity contribution in [3.05, 3.63) is 52.8 Å². The number of amides is 1. The highest BCUT2D eigenvalue weighted by Gasteiger charge is 2.18. The van der Waals surface area contributed by atoms with Crippen LogP contribution in [0.25, 0.3) is 0 Å². The lowest BCUT2D eigenvalue weighted by Crippen LogP contribution is -2.30. The monoisotopic (exact) mass is 367 g/mol. The van der Waals surface area contributed by atoms with Gasteiger partial charge in [-0.3, -0.25) is 4.79 Å². The Morgan fingerprint density at radius 3 is 2.55 bits per heavy atom. The zero-order valence-corrected chi connectivity index (χ0v) is 13.7. The highest BCUT2D eigenvalue weighted by atomic mass is 79.9. The van der Waals surface area contributed by atoms with Crippen molar-refractivity contribution in [2.75, 3.05) is 12.4 Å². The van der Waals surface area contributed by atoms with Crippen LogP contribution in [-0.4, -0.2) is 19.1 Å². The number of ether oxygens (including phenoxy) is 2. The Morgan fingerprint density at radius 1 is 1.23 bits per heavy atom. The minimum Gasteiger partial charge on any atom is -0.493 e. The number of hydrogen-bond donors (Lipinski definition) is 1. The molecule has 0 saturated heterocycles. The summed E-state index contributed by atoms with van der Waals surface area (Å²) in [6, 6.07) is 11.4. The summed E-state index contributed by atoms with van der Waals surface area (Å²) >= 11 is 3.16. The Kier molecular flexibility index (Phi) is 5.38. The second-order valence-corrected chi connectivity index (χ2v) is 5.44. The number of rotatable bonds is 5. The molecule has 1 atom stereocenters. The van der Waals surface area contributed by atoms with Gasteiger partial charge in [0.05, 0.1) is 12.8 Å². The molecule has 0 heterocycles. The van der Waals surface area contributed by atoms with Crippen molar-refractivity contribution in [1.82, 2.24) is 0 Å². The highest BCUT2D eigenvalue weighted by Crippen LogP contribution is 2.27. The van der Waals surface area contributed by atoms with Crippen molar-refractivity contribution in [1.29, 1.82) is 0 Å². The Hall–Kier alpha value is -2.08. The summed E-state index contributed by atoms with van der Waals surface area (Å²) in [5, 5.41) is 2.49. The molecule has 0 radical (unpaired) electrons. The van der Waals surface area contributed by atoms with Crippen LogP contribution in [0.2, 0.25) is 0 Å². The molecule has 4 nitrogen and oxygen atoms in total. The van der Waals surface area contributed by atoms with E-state index in [1.165, 1.54) is 19.2 Å². The van der Waals surface area contributed by atoms with Crippen molar-refractivity contribution in [3.8, 4) is 11.5 Å². The van der Waals surface area contributed by atoms with Crippen molar-refractivity contribution in [2.45, 2.75) is 13.0 Å². The predicted octanol–water partition coefficient (Wildman–Crippen LogP) is 4.00. The molecular formula is C16H15BrFNO3. The van der Waals surface area contributed by atoms with Crippen LogP contribution in [0.4, 0.5) is 10.1 Å². The first kappa shape index (κ1) is 16.3. The molecule has 1 amide bonds. The quantitative estimate of drug-likeness (QED) is 0.868. The van der Waals surface area contributed by atoms with Crippen LogP contribution < -0.4 is 14.8 Å². The second kappa shape index (κ2) is 7.26. The summed E-state index contributed by atoms with van der Waals surface area (Å²) in [7, 11) is 1.52. The molecule has 2 aromatic rings. The summed E-state index contributed by atoms with van der Waals surface area (Å²) in [6.45, 7) is 1.58. The third-order valence-electron chi connectivity index (χ3n) is 2.93. The van der Waals surface area contributed by atoms with E-state index in [0.29, 0.717) is 16.0 Å². The SMILES string of the molecule is COc1ccccc1O[C@@H](C)C(=O)Nc1ccc(Br)cc1F. The van der Waals surface area contributed by atoms with Gasteiger partial charge in [0.2, 0.25) is 0 Å².